The van der Waals surface area contributed by atoms with Gasteiger partial charge in [-0.1, -0.05) is 46.0 Å². The van der Waals surface area contributed by atoms with E-state index in [0.29, 0.717) is 0 Å². The van der Waals surface area contributed by atoms with Gasteiger partial charge in [-0.25, -0.2) is 0 Å². The zero-order valence-electron chi connectivity index (χ0n) is 13.0. The molecule has 4 unspecified atom stereocenters. The summed E-state index contributed by atoms with van der Waals surface area (Å²) < 4.78 is 0. The monoisotopic (exact) mass is 261 g/mol. The molecule has 4 atom stereocenters. The molecule has 0 saturated heterocycles. The van der Waals surface area contributed by atoms with Gasteiger partial charge < -0.3 is 0 Å². The van der Waals surface area contributed by atoms with Crippen molar-refractivity contribution in [3.8, 4) is 6.07 Å². The Kier molecular flexibility index (Phi) is 5.31. The van der Waals surface area contributed by atoms with Gasteiger partial charge >= 0.3 is 0 Å². The standard InChI is InChI=1S/C18H31N/c1-3-5-6-7-15-8-9-17-13-18(4-2,14-19)11-10-16(17)12-15/h15-17H,3-13H2,1-2H3. The van der Waals surface area contributed by atoms with E-state index in [9.17, 15) is 5.26 Å². The molecule has 2 aliphatic rings. The average molecular weight is 261 g/mol. The SMILES string of the molecule is CCCCCC1CCC2CC(C#N)(CC)CCC2C1. The molecule has 0 amide bonds. The number of hydrogen-bond donors (Lipinski definition) is 0. The third kappa shape index (κ3) is 3.53. The van der Waals surface area contributed by atoms with E-state index in [1.807, 2.05) is 0 Å². The van der Waals surface area contributed by atoms with E-state index in [1.54, 1.807) is 0 Å². The number of nitriles is 1. The van der Waals surface area contributed by atoms with Gasteiger partial charge in [-0.05, 0) is 56.3 Å². The van der Waals surface area contributed by atoms with Crippen molar-refractivity contribution in [2.75, 3.05) is 0 Å². The van der Waals surface area contributed by atoms with Gasteiger partial charge in [0.1, 0.15) is 0 Å². The largest absolute Gasteiger partial charge is 0.198 e. The van der Waals surface area contributed by atoms with Gasteiger partial charge in [0.15, 0.2) is 0 Å². The van der Waals surface area contributed by atoms with Crippen molar-refractivity contribution in [3.05, 3.63) is 0 Å². The van der Waals surface area contributed by atoms with Crippen molar-refractivity contribution in [1.82, 2.24) is 0 Å². The molecule has 2 fully saturated rings. The van der Waals surface area contributed by atoms with Crippen LogP contribution in [-0.4, -0.2) is 0 Å². The second-order valence-corrected chi connectivity index (χ2v) is 7.18. The number of rotatable bonds is 5. The van der Waals surface area contributed by atoms with Crippen molar-refractivity contribution < 1.29 is 0 Å². The highest BCUT2D eigenvalue weighted by atomic mass is 14.5. The van der Waals surface area contributed by atoms with Crippen molar-refractivity contribution in [3.63, 3.8) is 0 Å². The van der Waals surface area contributed by atoms with Gasteiger partial charge in [-0.2, -0.15) is 5.26 Å². The molecule has 0 heterocycles. The zero-order chi connectivity index (χ0) is 13.7. The van der Waals surface area contributed by atoms with Crippen LogP contribution in [0.5, 0.6) is 0 Å². The minimum atomic E-state index is 0.0379. The Bertz CT molecular complexity index is 316. The summed E-state index contributed by atoms with van der Waals surface area (Å²) >= 11 is 0. The van der Waals surface area contributed by atoms with Gasteiger partial charge in [-0.15, -0.1) is 0 Å². The molecule has 2 rings (SSSR count). The summed E-state index contributed by atoms with van der Waals surface area (Å²) in [7, 11) is 0. The first-order chi connectivity index (χ1) is 9.23. The maximum Gasteiger partial charge on any atom is 0.0689 e. The van der Waals surface area contributed by atoms with Crippen LogP contribution in [0.2, 0.25) is 0 Å². The quantitative estimate of drug-likeness (QED) is 0.582. The Morgan fingerprint density at radius 3 is 2.63 bits per heavy atom. The van der Waals surface area contributed by atoms with Crippen molar-refractivity contribution in [2.24, 2.45) is 23.2 Å². The van der Waals surface area contributed by atoms with Crippen LogP contribution in [0.1, 0.15) is 84.5 Å². The highest BCUT2D eigenvalue weighted by molar-refractivity contribution is 5.03. The van der Waals surface area contributed by atoms with E-state index in [-0.39, 0.29) is 5.41 Å². The average Bonchev–Trinajstić information content (AvgIpc) is 2.47. The first kappa shape index (κ1) is 14.9. The molecule has 19 heavy (non-hydrogen) atoms. The van der Waals surface area contributed by atoms with Crippen LogP contribution in [0, 0.1) is 34.5 Å². The topological polar surface area (TPSA) is 23.8 Å². The van der Waals surface area contributed by atoms with Crippen LogP contribution < -0.4 is 0 Å². The number of nitrogens with zero attached hydrogens (tertiary/aromatic N) is 1. The molecule has 0 bridgehead atoms. The van der Waals surface area contributed by atoms with Crippen LogP contribution in [0.15, 0.2) is 0 Å². The summed E-state index contributed by atoms with van der Waals surface area (Å²) in [6.45, 7) is 4.50. The van der Waals surface area contributed by atoms with E-state index < -0.39 is 0 Å². The van der Waals surface area contributed by atoms with Crippen LogP contribution in [0.3, 0.4) is 0 Å². The smallest absolute Gasteiger partial charge is 0.0689 e. The minimum Gasteiger partial charge on any atom is -0.198 e. The lowest BCUT2D eigenvalue weighted by Gasteiger charge is -2.45. The zero-order valence-corrected chi connectivity index (χ0v) is 13.0. The summed E-state index contributed by atoms with van der Waals surface area (Å²) in [6.07, 6.45) is 14.8. The van der Waals surface area contributed by atoms with E-state index >= 15 is 0 Å². The third-order valence-corrected chi connectivity index (χ3v) is 6.02. The molecule has 0 aliphatic heterocycles. The van der Waals surface area contributed by atoms with Gasteiger partial charge in [0.05, 0.1) is 11.5 Å². The summed E-state index contributed by atoms with van der Waals surface area (Å²) in [5, 5.41) is 9.48. The van der Waals surface area contributed by atoms with Crippen LogP contribution >= 0.6 is 0 Å². The fraction of sp³-hybridized carbons (Fsp3) is 0.944. The van der Waals surface area contributed by atoms with Crippen molar-refractivity contribution >= 4 is 0 Å². The summed E-state index contributed by atoms with van der Waals surface area (Å²) in [5.41, 5.74) is 0.0379. The number of unbranched alkanes of at least 4 members (excludes halogenated alkanes) is 2. The van der Waals surface area contributed by atoms with E-state index in [4.69, 9.17) is 0 Å². The van der Waals surface area contributed by atoms with E-state index in [2.05, 4.69) is 19.9 Å². The van der Waals surface area contributed by atoms with Gasteiger partial charge in [0.25, 0.3) is 0 Å². The molecule has 0 spiro atoms. The maximum atomic E-state index is 9.48. The molecular formula is C18H31N. The van der Waals surface area contributed by atoms with Gasteiger partial charge in [0.2, 0.25) is 0 Å². The molecule has 1 heteroatoms. The Hall–Kier alpha value is -0.510. The molecular weight excluding hydrogens is 230 g/mol. The summed E-state index contributed by atoms with van der Waals surface area (Å²) in [4.78, 5) is 0. The fourth-order valence-corrected chi connectivity index (χ4v) is 4.56. The van der Waals surface area contributed by atoms with Crippen LogP contribution in [-0.2, 0) is 0 Å². The predicted octanol–water partition coefficient (Wildman–Crippen LogP) is 5.70. The Morgan fingerprint density at radius 1 is 1.11 bits per heavy atom. The highest BCUT2D eigenvalue weighted by Gasteiger charge is 2.42. The summed E-state index contributed by atoms with van der Waals surface area (Å²) in [5.74, 6) is 2.83. The lowest BCUT2D eigenvalue weighted by atomic mass is 9.59. The molecule has 1 nitrogen and oxygen atoms in total. The molecule has 2 saturated carbocycles. The molecule has 0 N–H and O–H groups in total. The van der Waals surface area contributed by atoms with Crippen LogP contribution in [0.4, 0.5) is 0 Å². The van der Waals surface area contributed by atoms with Crippen molar-refractivity contribution in [2.45, 2.75) is 84.5 Å². The summed E-state index contributed by atoms with van der Waals surface area (Å²) in [6, 6.07) is 2.65. The minimum absolute atomic E-state index is 0.0379. The Labute approximate surface area is 119 Å². The molecule has 0 aromatic heterocycles. The van der Waals surface area contributed by atoms with Gasteiger partial charge in [0, 0.05) is 0 Å². The fourth-order valence-electron chi connectivity index (χ4n) is 4.56. The lowest BCUT2D eigenvalue weighted by Crippen LogP contribution is -2.36. The van der Waals surface area contributed by atoms with E-state index in [1.165, 1.54) is 64.2 Å². The molecule has 0 aromatic rings. The number of fused-ring (bicyclic) bond motifs is 1. The second kappa shape index (κ2) is 6.78. The Balaban J connectivity index is 1.83. The normalized spacial score (nSPS) is 38.5. The highest BCUT2D eigenvalue weighted by Crippen LogP contribution is 2.51. The second-order valence-electron chi connectivity index (χ2n) is 7.18. The third-order valence-electron chi connectivity index (χ3n) is 6.02. The molecule has 0 radical (unpaired) electrons. The van der Waals surface area contributed by atoms with Gasteiger partial charge in [-0.3, -0.25) is 0 Å². The Morgan fingerprint density at radius 2 is 1.95 bits per heavy atom. The first-order valence-corrected chi connectivity index (χ1v) is 8.64. The maximum absolute atomic E-state index is 9.48. The molecule has 0 aromatic carbocycles. The first-order valence-electron chi connectivity index (χ1n) is 8.64. The predicted molar refractivity (Wildman–Crippen MR) is 80.7 cm³/mol. The molecule has 2 aliphatic carbocycles. The number of hydrogen-bond acceptors (Lipinski definition) is 1. The lowest BCUT2D eigenvalue weighted by molar-refractivity contribution is 0.0651. The van der Waals surface area contributed by atoms with E-state index in [0.717, 1.165) is 24.2 Å². The van der Waals surface area contributed by atoms with Crippen LogP contribution in [0.25, 0.3) is 0 Å². The van der Waals surface area contributed by atoms with Crippen molar-refractivity contribution in [1.29, 1.82) is 5.26 Å². The molecule has 108 valence electrons.